The van der Waals surface area contributed by atoms with E-state index < -0.39 is 5.41 Å². The minimum absolute atomic E-state index is 0.713. The molecule has 3 nitrogen and oxygen atoms in total. The van der Waals surface area contributed by atoms with E-state index >= 15 is 0 Å². The van der Waals surface area contributed by atoms with Crippen molar-refractivity contribution in [1.82, 2.24) is 0 Å². The zero-order valence-corrected chi connectivity index (χ0v) is 34.6. The first kappa shape index (κ1) is 35.2. The third-order valence-electron chi connectivity index (χ3n) is 13.9. The number of furan rings is 2. The Hall–Kier alpha value is -8.40. The van der Waals surface area contributed by atoms with Gasteiger partial charge in [0, 0.05) is 38.5 Å². The highest BCUT2D eigenvalue weighted by Crippen LogP contribution is 2.63. The molecule has 0 bridgehead atoms. The normalized spacial score (nSPS) is 14.6. The fraction of sp³-hybridized carbons (Fsp3) is 0.0164. The summed E-state index contributed by atoms with van der Waals surface area (Å²) in [5.41, 5.74) is 20.6. The van der Waals surface area contributed by atoms with Crippen molar-refractivity contribution in [2.45, 2.75) is 5.41 Å². The molecule has 14 rings (SSSR count). The van der Waals surface area contributed by atoms with Crippen molar-refractivity contribution < 1.29 is 8.83 Å². The molecule has 1 atom stereocenters. The van der Waals surface area contributed by atoms with Gasteiger partial charge in [0.2, 0.25) is 0 Å². The maximum atomic E-state index is 6.76. The van der Waals surface area contributed by atoms with E-state index in [1.807, 2.05) is 6.07 Å². The van der Waals surface area contributed by atoms with Gasteiger partial charge in [-0.05, 0) is 122 Å². The van der Waals surface area contributed by atoms with E-state index in [1.54, 1.807) is 0 Å². The minimum atomic E-state index is -0.713. The Labute approximate surface area is 369 Å². The smallest absolute Gasteiger partial charge is 0.135 e. The Morgan fingerprint density at radius 3 is 1.48 bits per heavy atom. The van der Waals surface area contributed by atoms with Gasteiger partial charge in [-0.15, -0.1) is 0 Å². The van der Waals surface area contributed by atoms with Crippen molar-refractivity contribution in [3.63, 3.8) is 0 Å². The van der Waals surface area contributed by atoms with Crippen molar-refractivity contribution in [3.8, 4) is 44.5 Å². The molecule has 2 heterocycles. The van der Waals surface area contributed by atoms with Crippen molar-refractivity contribution in [2.75, 3.05) is 4.90 Å². The van der Waals surface area contributed by atoms with Crippen molar-refractivity contribution >= 4 is 60.9 Å². The largest absolute Gasteiger partial charge is 0.456 e. The molecule has 10 aromatic carbocycles. The molecule has 0 radical (unpaired) electrons. The lowest BCUT2D eigenvalue weighted by molar-refractivity contribution is 0.666. The average molecular weight is 816 g/mol. The number of nitrogens with zero attached hydrogens (tertiary/aromatic N) is 1. The summed E-state index contributed by atoms with van der Waals surface area (Å²) in [6.45, 7) is 0. The quantitative estimate of drug-likeness (QED) is 0.177. The van der Waals surface area contributed by atoms with Crippen LogP contribution in [0.4, 0.5) is 17.1 Å². The molecule has 64 heavy (non-hydrogen) atoms. The zero-order valence-electron chi connectivity index (χ0n) is 34.6. The Bertz CT molecular complexity index is 3870. The fourth-order valence-electron chi connectivity index (χ4n) is 11.2. The van der Waals surface area contributed by atoms with Gasteiger partial charge in [-0.25, -0.2) is 0 Å². The van der Waals surface area contributed by atoms with E-state index in [1.165, 1.54) is 55.6 Å². The number of anilines is 3. The molecule has 1 spiro atoms. The van der Waals surface area contributed by atoms with Gasteiger partial charge in [-0.3, -0.25) is 0 Å². The lowest BCUT2D eigenvalue weighted by atomic mass is 9.65. The maximum Gasteiger partial charge on any atom is 0.135 e. The van der Waals surface area contributed by atoms with Crippen LogP contribution in [0.15, 0.2) is 233 Å². The molecule has 0 amide bonds. The molecule has 12 aromatic rings. The van der Waals surface area contributed by atoms with Crippen LogP contribution in [0.2, 0.25) is 0 Å². The van der Waals surface area contributed by atoms with Crippen LogP contribution in [0, 0.1) is 0 Å². The maximum absolute atomic E-state index is 6.76. The highest BCUT2D eigenvalue weighted by molar-refractivity contribution is 6.10. The molecule has 1 unspecified atom stereocenters. The number of benzene rings is 10. The second-order valence-corrected chi connectivity index (χ2v) is 17.1. The molecule has 3 heteroatoms. The summed E-state index contributed by atoms with van der Waals surface area (Å²) in [6.07, 6.45) is 0. The number of para-hydroxylation sites is 3. The summed E-state index contributed by atoms with van der Waals surface area (Å²) in [4.78, 5) is 2.45. The first-order valence-corrected chi connectivity index (χ1v) is 22.0. The van der Waals surface area contributed by atoms with Gasteiger partial charge in [0.05, 0.1) is 11.1 Å². The van der Waals surface area contributed by atoms with Crippen LogP contribution in [0.5, 0.6) is 0 Å². The zero-order chi connectivity index (χ0) is 41.9. The van der Waals surface area contributed by atoms with Gasteiger partial charge in [0.1, 0.15) is 22.3 Å². The van der Waals surface area contributed by atoms with Crippen LogP contribution < -0.4 is 4.90 Å². The first-order valence-electron chi connectivity index (χ1n) is 22.0. The van der Waals surface area contributed by atoms with Gasteiger partial charge in [-0.1, -0.05) is 164 Å². The van der Waals surface area contributed by atoms with Gasteiger partial charge in [-0.2, -0.15) is 0 Å². The summed E-state index contributed by atoms with van der Waals surface area (Å²) >= 11 is 0. The second-order valence-electron chi connectivity index (χ2n) is 17.1. The Kier molecular flexibility index (Phi) is 7.32. The number of rotatable bonds is 4. The van der Waals surface area contributed by atoms with Crippen LogP contribution in [0.3, 0.4) is 0 Å². The molecule has 0 saturated carbocycles. The van der Waals surface area contributed by atoms with Crippen LogP contribution >= 0.6 is 0 Å². The van der Waals surface area contributed by atoms with E-state index in [0.29, 0.717) is 0 Å². The topological polar surface area (TPSA) is 29.5 Å². The Balaban J connectivity index is 1.12. The number of fused-ring (bicyclic) bond motifs is 18. The monoisotopic (exact) mass is 815 g/mol. The first-order chi connectivity index (χ1) is 31.7. The van der Waals surface area contributed by atoms with Crippen LogP contribution in [0.1, 0.15) is 22.3 Å². The van der Waals surface area contributed by atoms with Gasteiger partial charge in [0.25, 0.3) is 0 Å². The van der Waals surface area contributed by atoms with Crippen molar-refractivity contribution in [2.24, 2.45) is 0 Å². The number of hydrogen-bond donors (Lipinski definition) is 0. The summed E-state index contributed by atoms with van der Waals surface area (Å²) in [6, 6.07) is 81.9. The molecule has 0 aliphatic heterocycles. The third-order valence-corrected chi connectivity index (χ3v) is 13.9. The molecule has 0 fully saturated rings. The molecule has 2 aliphatic carbocycles. The Morgan fingerprint density at radius 1 is 0.281 bits per heavy atom. The van der Waals surface area contributed by atoms with Gasteiger partial charge in [0.15, 0.2) is 0 Å². The van der Waals surface area contributed by atoms with E-state index in [0.717, 1.165) is 72.1 Å². The summed E-state index contributed by atoms with van der Waals surface area (Å²) < 4.78 is 13.2. The SMILES string of the molecule is c1ccc(-c2ccccc2N(c2ccc3c(c2)C2(c4ccccc4-c4ccccc4-3)c3ccccc3-c3cc4c(cc32)oc2ccccc24)c2ccc3oc4ccccc4c3c2)cc1. The highest BCUT2D eigenvalue weighted by atomic mass is 16.3. The van der Waals surface area contributed by atoms with Crippen molar-refractivity contribution in [3.05, 3.63) is 247 Å². The van der Waals surface area contributed by atoms with Crippen LogP contribution in [-0.4, -0.2) is 0 Å². The second kappa shape index (κ2) is 13.3. The fourth-order valence-corrected chi connectivity index (χ4v) is 11.2. The van der Waals surface area contributed by atoms with E-state index in [4.69, 9.17) is 8.83 Å². The van der Waals surface area contributed by atoms with Crippen LogP contribution in [0.25, 0.3) is 88.4 Å². The minimum Gasteiger partial charge on any atom is -0.456 e. The molecule has 2 aliphatic rings. The van der Waals surface area contributed by atoms with E-state index in [9.17, 15) is 0 Å². The third kappa shape index (κ3) is 4.81. The predicted octanol–water partition coefficient (Wildman–Crippen LogP) is 16.6. The summed E-state index contributed by atoms with van der Waals surface area (Å²) in [7, 11) is 0. The molecule has 0 N–H and O–H groups in total. The molecule has 2 aromatic heterocycles. The molecular weight excluding hydrogens is 779 g/mol. The van der Waals surface area contributed by atoms with Crippen molar-refractivity contribution in [1.29, 1.82) is 0 Å². The summed E-state index contributed by atoms with van der Waals surface area (Å²) in [5.74, 6) is 0. The van der Waals surface area contributed by atoms with Gasteiger partial charge < -0.3 is 13.7 Å². The molecular formula is C61H37NO2. The number of hydrogen-bond acceptors (Lipinski definition) is 3. The lowest BCUT2D eigenvalue weighted by Gasteiger charge is -2.36. The Morgan fingerprint density at radius 2 is 0.766 bits per heavy atom. The average Bonchev–Trinajstić information content (AvgIpc) is 3.99. The van der Waals surface area contributed by atoms with Crippen LogP contribution in [-0.2, 0) is 5.41 Å². The van der Waals surface area contributed by atoms with E-state index in [-0.39, 0.29) is 0 Å². The summed E-state index contributed by atoms with van der Waals surface area (Å²) in [5, 5.41) is 4.44. The predicted molar refractivity (Wildman–Crippen MR) is 263 cm³/mol. The lowest BCUT2D eigenvalue weighted by Crippen LogP contribution is -2.29. The van der Waals surface area contributed by atoms with Gasteiger partial charge >= 0.3 is 0 Å². The van der Waals surface area contributed by atoms with E-state index in [2.05, 4.69) is 223 Å². The molecule has 298 valence electrons. The standard InChI is InChI=1S/C61H37NO2/c1-2-16-38(17-3-1)41-18-8-13-27-56(41)62(39-31-33-59-50(34-39)47-23-9-14-28-57(47)63-59)40-30-32-46-43-20-5-4-19-42(43)44-21-6-11-25-52(44)61(54(46)35-40)53-26-12-7-22-45(53)49-36-51-48-24-10-15-29-58(48)64-60(51)37-55(49)61/h1-37H. The molecule has 0 saturated heterocycles. The highest BCUT2D eigenvalue weighted by Gasteiger charge is 2.50.